The molecule has 2 aromatic carbocycles. The van der Waals surface area contributed by atoms with E-state index in [1.165, 1.54) is 0 Å². The Morgan fingerprint density at radius 2 is 1.90 bits per heavy atom. The van der Waals surface area contributed by atoms with E-state index in [1.807, 2.05) is 24.3 Å². The Hall–Kier alpha value is -3.49. The topological polar surface area (TPSA) is 108 Å². The van der Waals surface area contributed by atoms with Crippen LogP contribution in [0.5, 0.6) is 5.75 Å². The van der Waals surface area contributed by atoms with Crippen molar-refractivity contribution >= 4 is 39.6 Å². The molecule has 0 amide bonds. The second kappa shape index (κ2) is 8.89. The van der Waals surface area contributed by atoms with Crippen LogP contribution in [0.15, 0.2) is 77.8 Å². The van der Waals surface area contributed by atoms with E-state index < -0.39 is 11.4 Å². The van der Waals surface area contributed by atoms with Gasteiger partial charge < -0.3 is 20.3 Å². The Balaban J connectivity index is 1.45. The predicted molar refractivity (Wildman–Crippen MR) is 121 cm³/mol. The molecule has 0 aliphatic rings. The van der Waals surface area contributed by atoms with Crippen molar-refractivity contribution in [2.75, 3.05) is 22.9 Å². The maximum Gasteiger partial charge on any atom is 0.180 e. The highest BCUT2D eigenvalue weighted by molar-refractivity contribution is 7.92. The average Bonchev–Trinajstić information content (AvgIpc) is 2.79. The molecule has 1 atom stereocenters. The van der Waals surface area contributed by atoms with Gasteiger partial charge in [-0.2, -0.15) is 4.72 Å². The van der Waals surface area contributed by atoms with Crippen LogP contribution in [0, 0.1) is 0 Å². The smallest absolute Gasteiger partial charge is 0.180 e. The van der Waals surface area contributed by atoms with E-state index >= 15 is 0 Å². The zero-order valence-electron chi connectivity index (χ0n) is 16.3. The van der Waals surface area contributed by atoms with Crippen molar-refractivity contribution in [3.05, 3.63) is 78.5 Å². The highest BCUT2D eigenvalue weighted by Gasteiger charge is 2.14. The first kappa shape index (κ1) is 19.8. The third-order valence-electron chi connectivity index (χ3n) is 4.52. The van der Waals surface area contributed by atoms with Crippen LogP contribution in [0.3, 0.4) is 0 Å². The second-order valence-electron chi connectivity index (χ2n) is 6.56. The number of nitrogens with one attached hydrogen (secondary N) is 2. The number of hydrogen-bond acceptors (Lipinski definition) is 7. The van der Waals surface area contributed by atoms with Crippen molar-refractivity contribution in [2.45, 2.75) is 11.4 Å². The normalized spacial score (nSPS) is 11.8. The standard InChI is InChI=1S/C22H21N5O2S/c1-29-17-5-7-18(8-6-17)30(28)27-21-11-9-19(23)22(26-21)25-14-15-4-10-20-16(13-15)3-2-12-24-20/h2-13H,14,23H2,1H3,(H2,25,26,27). The Kier molecular flexibility index (Phi) is 5.87. The predicted octanol–water partition coefficient (Wildman–Crippen LogP) is 3.97. The van der Waals surface area contributed by atoms with E-state index in [0.717, 1.165) is 16.5 Å². The lowest BCUT2D eigenvalue weighted by Gasteiger charge is -2.14. The zero-order valence-corrected chi connectivity index (χ0v) is 17.1. The molecule has 1 unspecified atom stereocenters. The summed E-state index contributed by atoms with van der Waals surface area (Å²) in [6.07, 6.45) is 1.78. The molecule has 152 valence electrons. The fourth-order valence-electron chi connectivity index (χ4n) is 2.94. The average molecular weight is 420 g/mol. The molecule has 0 spiro atoms. The van der Waals surface area contributed by atoms with Gasteiger partial charge in [0.25, 0.3) is 0 Å². The molecule has 0 fully saturated rings. The first-order chi connectivity index (χ1) is 14.6. The summed E-state index contributed by atoms with van der Waals surface area (Å²) in [7, 11) is 1.59. The molecule has 0 radical (unpaired) electrons. The minimum Gasteiger partial charge on any atom is -0.588 e. The SMILES string of the molecule is COc1ccc([S+]([O-])Nc2ccc(N)c(NCc3ccc4ncccc4c3)n2)cc1. The minimum absolute atomic E-state index is 0.462. The van der Waals surface area contributed by atoms with E-state index in [2.05, 4.69) is 26.1 Å². The summed E-state index contributed by atoms with van der Waals surface area (Å²) >= 11 is -1.46. The summed E-state index contributed by atoms with van der Waals surface area (Å²) in [5.74, 6) is 1.69. The molecule has 4 N–H and O–H groups in total. The van der Waals surface area contributed by atoms with Crippen LogP contribution in [-0.2, 0) is 17.9 Å². The van der Waals surface area contributed by atoms with Crippen LogP contribution >= 0.6 is 0 Å². The number of nitrogens with two attached hydrogens (primary N) is 1. The second-order valence-corrected chi connectivity index (χ2v) is 7.78. The number of rotatable bonds is 7. The number of methoxy groups -OCH3 is 1. The fourth-order valence-corrected chi connectivity index (χ4v) is 3.75. The van der Waals surface area contributed by atoms with Gasteiger partial charge in [0, 0.05) is 18.1 Å². The number of anilines is 3. The Morgan fingerprint density at radius 3 is 2.70 bits per heavy atom. The van der Waals surface area contributed by atoms with Crippen LogP contribution in [0.1, 0.15) is 5.56 Å². The monoisotopic (exact) mass is 419 g/mol. The van der Waals surface area contributed by atoms with Crippen LogP contribution in [0.4, 0.5) is 17.3 Å². The number of aromatic nitrogens is 2. The van der Waals surface area contributed by atoms with Gasteiger partial charge >= 0.3 is 0 Å². The third-order valence-corrected chi connectivity index (χ3v) is 5.62. The quantitative estimate of drug-likeness (QED) is 0.389. The molecule has 7 nitrogen and oxygen atoms in total. The molecule has 0 aliphatic heterocycles. The Bertz CT molecular complexity index is 1150. The summed E-state index contributed by atoms with van der Waals surface area (Å²) in [6.45, 7) is 0.549. The van der Waals surface area contributed by atoms with Crippen LogP contribution in [-0.4, -0.2) is 21.6 Å². The lowest BCUT2D eigenvalue weighted by Crippen LogP contribution is -2.15. The number of fused-ring (bicyclic) bond motifs is 1. The number of benzene rings is 2. The van der Waals surface area contributed by atoms with Gasteiger partial charge in [-0.1, -0.05) is 12.1 Å². The summed E-state index contributed by atoms with van der Waals surface area (Å²) in [4.78, 5) is 9.42. The number of ether oxygens (including phenoxy) is 1. The zero-order chi connectivity index (χ0) is 20.9. The van der Waals surface area contributed by atoms with Gasteiger partial charge in [-0.3, -0.25) is 4.98 Å². The highest BCUT2D eigenvalue weighted by Crippen LogP contribution is 2.23. The van der Waals surface area contributed by atoms with E-state index in [4.69, 9.17) is 10.5 Å². The van der Waals surface area contributed by atoms with Crippen molar-refractivity contribution in [1.82, 2.24) is 9.97 Å². The molecule has 8 heteroatoms. The molecule has 4 aromatic rings. The van der Waals surface area contributed by atoms with Gasteiger partial charge in [0.2, 0.25) is 0 Å². The van der Waals surface area contributed by atoms with Crippen molar-refractivity contribution in [3.8, 4) is 5.75 Å². The van der Waals surface area contributed by atoms with Gasteiger partial charge in [-0.25, -0.2) is 4.98 Å². The molecule has 0 saturated heterocycles. The maximum absolute atomic E-state index is 12.6. The lowest BCUT2D eigenvalue weighted by atomic mass is 10.1. The minimum atomic E-state index is -1.46. The van der Waals surface area contributed by atoms with E-state index in [1.54, 1.807) is 49.7 Å². The Labute approximate surface area is 177 Å². The van der Waals surface area contributed by atoms with E-state index in [0.29, 0.717) is 34.5 Å². The first-order valence-corrected chi connectivity index (χ1v) is 10.4. The number of hydrogen-bond donors (Lipinski definition) is 3. The maximum atomic E-state index is 12.6. The molecule has 0 saturated carbocycles. The summed E-state index contributed by atoms with van der Waals surface area (Å²) in [6, 6.07) is 20.4. The molecule has 0 bridgehead atoms. The molecule has 0 aliphatic carbocycles. The van der Waals surface area contributed by atoms with Crippen molar-refractivity contribution in [1.29, 1.82) is 0 Å². The van der Waals surface area contributed by atoms with E-state index in [9.17, 15) is 4.55 Å². The summed E-state index contributed by atoms with van der Waals surface area (Å²) in [5.41, 5.74) is 8.61. The molecule has 30 heavy (non-hydrogen) atoms. The summed E-state index contributed by atoms with van der Waals surface area (Å²) < 4.78 is 20.6. The van der Waals surface area contributed by atoms with Gasteiger partial charge in [-0.05, 0) is 60.2 Å². The molecular formula is C22H21N5O2S. The van der Waals surface area contributed by atoms with Crippen molar-refractivity contribution in [2.24, 2.45) is 0 Å². The molecule has 4 rings (SSSR count). The highest BCUT2D eigenvalue weighted by atomic mass is 32.2. The largest absolute Gasteiger partial charge is 0.588 e. The van der Waals surface area contributed by atoms with Crippen LogP contribution in [0.2, 0.25) is 0 Å². The van der Waals surface area contributed by atoms with Crippen molar-refractivity contribution < 1.29 is 9.29 Å². The van der Waals surface area contributed by atoms with Gasteiger partial charge in [0.05, 0.1) is 18.3 Å². The van der Waals surface area contributed by atoms with Gasteiger partial charge in [-0.15, -0.1) is 0 Å². The first-order valence-electron chi connectivity index (χ1n) is 9.29. The van der Waals surface area contributed by atoms with Crippen molar-refractivity contribution in [3.63, 3.8) is 0 Å². The number of pyridine rings is 2. The van der Waals surface area contributed by atoms with Crippen LogP contribution < -0.4 is 20.5 Å². The summed E-state index contributed by atoms with van der Waals surface area (Å²) in [5, 5.41) is 4.32. The van der Waals surface area contributed by atoms with Gasteiger partial charge in [0.1, 0.15) is 17.1 Å². The van der Waals surface area contributed by atoms with E-state index in [-0.39, 0.29) is 0 Å². The molecule has 2 aromatic heterocycles. The van der Waals surface area contributed by atoms with Gasteiger partial charge in [0.15, 0.2) is 16.5 Å². The lowest BCUT2D eigenvalue weighted by molar-refractivity contribution is 0.414. The molecular weight excluding hydrogens is 398 g/mol. The molecule has 2 heterocycles. The third kappa shape index (κ3) is 4.56. The van der Waals surface area contributed by atoms with Crippen LogP contribution in [0.25, 0.3) is 10.9 Å². The fraction of sp³-hybridized carbons (Fsp3) is 0.0909. The Morgan fingerprint density at radius 1 is 1.07 bits per heavy atom. The number of nitrogens with zero attached hydrogens (tertiary/aromatic N) is 2. The number of nitrogen functional groups attached to an aromatic ring is 1.